The molecular formula is C15H26N4O2S. The molecular weight excluding hydrogens is 300 g/mol. The molecule has 1 fully saturated rings. The van der Waals surface area contributed by atoms with Gasteiger partial charge < -0.3 is 10.2 Å². The van der Waals surface area contributed by atoms with Gasteiger partial charge in [0.1, 0.15) is 4.90 Å². The molecule has 0 aliphatic carbocycles. The summed E-state index contributed by atoms with van der Waals surface area (Å²) in [4.78, 5) is 6.52. The lowest BCUT2D eigenvalue weighted by Crippen LogP contribution is -2.44. The molecule has 7 heteroatoms. The summed E-state index contributed by atoms with van der Waals surface area (Å²) >= 11 is 0. The number of rotatable bonds is 7. The average Bonchev–Trinajstić information content (AvgIpc) is 2.55. The quantitative estimate of drug-likeness (QED) is 0.818. The zero-order valence-corrected chi connectivity index (χ0v) is 14.3. The lowest BCUT2D eigenvalue weighted by atomic mass is 10.3. The van der Waals surface area contributed by atoms with E-state index in [4.69, 9.17) is 0 Å². The first kappa shape index (κ1) is 17.2. The van der Waals surface area contributed by atoms with E-state index in [1.807, 2.05) is 19.9 Å². The molecule has 1 saturated heterocycles. The van der Waals surface area contributed by atoms with Crippen LogP contribution in [0.2, 0.25) is 0 Å². The van der Waals surface area contributed by atoms with Crippen LogP contribution in [-0.2, 0) is 10.0 Å². The third-order valence-electron chi connectivity index (χ3n) is 3.78. The molecule has 1 aromatic rings. The molecule has 0 saturated carbocycles. The number of aromatic nitrogens is 1. The first-order valence-corrected chi connectivity index (χ1v) is 9.45. The average molecular weight is 326 g/mol. The van der Waals surface area contributed by atoms with Crippen molar-refractivity contribution in [3.8, 4) is 0 Å². The Kier molecular flexibility index (Phi) is 6.16. The van der Waals surface area contributed by atoms with Crippen molar-refractivity contribution in [1.82, 2.24) is 14.6 Å². The van der Waals surface area contributed by atoms with Gasteiger partial charge in [-0.1, -0.05) is 13.8 Å². The molecule has 1 aromatic heterocycles. The summed E-state index contributed by atoms with van der Waals surface area (Å²) in [5.74, 6) is 0. The summed E-state index contributed by atoms with van der Waals surface area (Å²) in [6, 6.07) is 1.81. The van der Waals surface area contributed by atoms with E-state index in [0.29, 0.717) is 18.0 Å². The fourth-order valence-electron chi connectivity index (χ4n) is 2.73. The molecule has 0 amide bonds. The van der Waals surface area contributed by atoms with Gasteiger partial charge in [-0.2, -0.15) is 4.31 Å². The third-order valence-corrected chi connectivity index (χ3v) is 5.70. The number of nitrogens with one attached hydrogen (secondary N) is 1. The van der Waals surface area contributed by atoms with Crippen LogP contribution in [0.1, 0.15) is 26.7 Å². The maximum Gasteiger partial charge on any atom is 0.246 e. The highest BCUT2D eigenvalue weighted by atomic mass is 32.2. The van der Waals surface area contributed by atoms with Crippen molar-refractivity contribution in [3.05, 3.63) is 18.5 Å². The summed E-state index contributed by atoms with van der Waals surface area (Å²) in [6.45, 7) is 8.46. The van der Waals surface area contributed by atoms with E-state index in [-0.39, 0.29) is 0 Å². The topological polar surface area (TPSA) is 65.5 Å². The molecule has 2 rings (SSSR count). The van der Waals surface area contributed by atoms with E-state index in [0.717, 1.165) is 44.7 Å². The van der Waals surface area contributed by atoms with E-state index in [1.165, 1.54) is 6.20 Å². The van der Waals surface area contributed by atoms with Crippen LogP contribution < -0.4 is 10.2 Å². The van der Waals surface area contributed by atoms with Crippen molar-refractivity contribution in [3.63, 3.8) is 0 Å². The standard InChI is InChI=1S/C15H26N4O2S/c1-3-9-19(10-4-2)22(20,21)15-13-17-6-5-14(15)18-11-7-16-8-12-18/h5-6,13,16H,3-4,7-12H2,1-2H3. The van der Waals surface area contributed by atoms with Crippen LogP contribution in [0.3, 0.4) is 0 Å². The van der Waals surface area contributed by atoms with Gasteiger partial charge in [0.05, 0.1) is 5.69 Å². The molecule has 0 atom stereocenters. The second kappa shape index (κ2) is 7.89. The van der Waals surface area contributed by atoms with E-state index >= 15 is 0 Å². The van der Waals surface area contributed by atoms with Gasteiger partial charge in [0, 0.05) is 51.7 Å². The van der Waals surface area contributed by atoms with Crippen molar-refractivity contribution < 1.29 is 8.42 Å². The fraction of sp³-hybridized carbons (Fsp3) is 0.667. The molecule has 0 radical (unpaired) electrons. The molecule has 0 bridgehead atoms. The van der Waals surface area contributed by atoms with Gasteiger partial charge in [-0.15, -0.1) is 0 Å². The fourth-order valence-corrected chi connectivity index (χ4v) is 4.51. The number of piperazine rings is 1. The lowest BCUT2D eigenvalue weighted by Gasteiger charge is -2.31. The monoisotopic (exact) mass is 326 g/mol. The van der Waals surface area contributed by atoms with Crippen molar-refractivity contribution in [2.75, 3.05) is 44.2 Å². The predicted octanol–water partition coefficient (Wildman–Crippen LogP) is 1.30. The van der Waals surface area contributed by atoms with Crippen LogP contribution >= 0.6 is 0 Å². The Labute approximate surface area is 133 Å². The summed E-state index contributed by atoms with van der Waals surface area (Å²) < 4.78 is 27.6. The number of nitrogens with zero attached hydrogens (tertiary/aromatic N) is 3. The first-order valence-electron chi connectivity index (χ1n) is 8.01. The molecule has 1 N–H and O–H groups in total. The summed E-state index contributed by atoms with van der Waals surface area (Å²) in [7, 11) is -3.50. The van der Waals surface area contributed by atoms with Crippen LogP contribution in [0, 0.1) is 0 Å². The molecule has 0 unspecified atom stereocenters. The summed E-state index contributed by atoms with van der Waals surface area (Å²) in [6.07, 6.45) is 4.77. The minimum Gasteiger partial charge on any atom is -0.368 e. The normalized spacial score (nSPS) is 16.2. The maximum absolute atomic E-state index is 13.0. The number of anilines is 1. The minimum atomic E-state index is -3.50. The van der Waals surface area contributed by atoms with Crippen LogP contribution in [0.25, 0.3) is 0 Å². The third kappa shape index (κ3) is 3.77. The SMILES string of the molecule is CCCN(CCC)S(=O)(=O)c1cnccc1N1CCNCC1. The molecule has 6 nitrogen and oxygen atoms in total. The molecule has 22 heavy (non-hydrogen) atoms. The number of sulfonamides is 1. The van der Waals surface area contributed by atoms with E-state index < -0.39 is 10.0 Å². The van der Waals surface area contributed by atoms with Gasteiger partial charge in [-0.3, -0.25) is 4.98 Å². The highest BCUT2D eigenvalue weighted by Gasteiger charge is 2.28. The van der Waals surface area contributed by atoms with Crippen LogP contribution in [-0.4, -0.2) is 57.0 Å². The molecule has 124 valence electrons. The van der Waals surface area contributed by atoms with E-state index in [9.17, 15) is 8.42 Å². The Bertz CT molecular complexity index is 565. The number of hydrogen-bond donors (Lipinski definition) is 1. The van der Waals surface area contributed by atoms with Gasteiger partial charge in [0.25, 0.3) is 0 Å². The van der Waals surface area contributed by atoms with Crippen LogP contribution in [0.4, 0.5) is 5.69 Å². The van der Waals surface area contributed by atoms with Gasteiger partial charge in [0.15, 0.2) is 0 Å². The molecule has 1 aliphatic heterocycles. The van der Waals surface area contributed by atoms with Crippen molar-refractivity contribution in [1.29, 1.82) is 0 Å². The zero-order valence-electron chi connectivity index (χ0n) is 13.5. The van der Waals surface area contributed by atoms with Gasteiger partial charge in [-0.25, -0.2) is 8.42 Å². The highest BCUT2D eigenvalue weighted by Crippen LogP contribution is 2.27. The predicted molar refractivity (Wildman–Crippen MR) is 88.7 cm³/mol. The van der Waals surface area contributed by atoms with Crippen molar-refractivity contribution >= 4 is 15.7 Å². The largest absolute Gasteiger partial charge is 0.368 e. The molecule has 2 heterocycles. The number of pyridine rings is 1. The summed E-state index contributed by atoms with van der Waals surface area (Å²) in [5.41, 5.74) is 0.772. The Morgan fingerprint density at radius 1 is 1.23 bits per heavy atom. The van der Waals surface area contributed by atoms with E-state index in [2.05, 4.69) is 15.2 Å². The highest BCUT2D eigenvalue weighted by molar-refractivity contribution is 7.89. The van der Waals surface area contributed by atoms with Crippen molar-refractivity contribution in [2.24, 2.45) is 0 Å². The maximum atomic E-state index is 13.0. The second-order valence-corrected chi connectivity index (χ2v) is 7.39. The van der Waals surface area contributed by atoms with Crippen LogP contribution in [0.15, 0.2) is 23.4 Å². The van der Waals surface area contributed by atoms with Gasteiger partial charge in [-0.05, 0) is 18.9 Å². The lowest BCUT2D eigenvalue weighted by molar-refractivity contribution is 0.409. The summed E-state index contributed by atoms with van der Waals surface area (Å²) in [5, 5.41) is 3.29. The second-order valence-electron chi connectivity index (χ2n) is 5.48. The zero-order chi connectivity index (χ0) is 16.0. The molecule has 0 spiro atoms. The Balaban J connectivity index is 2.37. The van der Waals surface area contributed by atoms with Crippen molar-refractivity contribution in [2.45, 2.75) is 31.6 Å². The Hall–Kier alpha value is -1.18. The minimum absolute atomic E-state index is 0.332. The van der Waals surface area contributed by atoms with Gasteiger partial charge in [0.2, 0.25) is 10.0 Å². The first-order chi connectivity index (χ1) is 10.6. The smallest absolute Gasteiger partial charge is 0.246 e. The van der Waals surface area contributed by atoms with E-state index in [1.54, 1.807) is 10.5 Å². The van der Waals surface area contributed by atoms with Gasteiger partial charge >= 0.3 is 0 Å². The Morgan fingerprint density at radius 2 is 1.86 bits per heavy atom. The Morgan fingerprint density at radius 3 is 2.45 bits per heavy atom. The van der Waals surface area contributed by atoms with Crippen LogP contribution in [0.5, 0.6) is 0 Å². The molecule has 0 aromatic carbocycles. The molecule has 1 aliphatic rings. The number of hydrogen-bond acceptors (Lipinski definition) is 5.